The molecule has 2 aromatic carbocycles. The summed E-state index contributed by atoms with van der Waals surface area (Å²) in [7, 11) is 3.22. The van der Waals surface area contributed by atoms with Gasteiger partial charge in [-0.1, -0.05) is 12.1 Å². The van der Waals surface area contributed by atoms with Gasteiger partial charge in [-0.3, -0.25) is 9.59 Å². The standard InChI is InChI=1S/C23H28N2O4/c1-15(2)24-23(27)20-13-14-21(26)25(17-7-11-19(29-4)12-8-17)22(20)16-5-9-18(28-3)10-6-16/h5-12,15,20,22H,13-14H2,1-4H3,(H,24,27)/t20-,22+/m1/s1. The minimum absolute atomic E-state index is 0.00424. The average Bonchev–Trinajstić information content (AvgIpc) is 2.73. The summed E-state index contributed by atoms with van der Waals surface area (Å²) in [6.45, 7) is 3.88. The lowest BCUT2D eigenvalue weighted by molar-refractivity contribution is -0.129. The second-order valence-corrected chi connectivity index (χ2v) is 7.49. The van der Waals surface area contributed by atoms with Crippen molar-refractivity contribution in [2.24, 2.45) is 5.92 Å². The van der Waals surface area contributed by atoms with Gasteiger partial charge < -0.3 is 19.7 Å². The van der Waals surface area contributed by atoms with Gasteiger partial charge in [-0.2, -0.15) is 0 Å². The smallest absolute Gasteiger partial charge is 0.227 e. The Hall–Kier alpha value is -3.02. The van der Waals surface area contributed by atoms with E-state index in [1.807, 2.05) is 62.4 Å². The van der Waals surface area contributed by atoms with Crippen LogP contribution in [0.1, 0.15) is 38.3 Å². The number of carbonyl (C=O) groups excluding carboxylic acids is 2. The van der Waals surface area contributed by atoms with Crippen LogP contribution < -0.4 is 19.7 Å². The molecule has 154 valence electrons. The van der Waals surface area contributed by atoms with Crippen molar-refractivity contribution in [1.29, 1.82) is 0 Å². The molecular weight excluding hydrogens is 368 g/mol. The van der Waals surface area contributed by atoms with E-state index in [-0.39, 0.29) is 23.8 Å². The van der Waals surface area contributed by atoms with Gasteiger partial charge in [0.05, 0.1) is 26.2 Å². The van der Waals surface area contributed by atoms with Crippen LogP contribution in [0, 0.1) is 5.92 Å². The molecule has 2 amide bonds. The summed E-state index contributed by atoms with van der Waals surface area (Å²) in [6, 6.07) is 14.6. The Balaban J connectivity index is 2.05. The number of hydrogen-bond acceptors (Lipinski definition) is 4. The van der Waals surface area contributed by atoms with Gasteiger partial charge in [0.2, 0.25) is 11.8 Å². The molecule has 2 aromatic rings. The molecule has 1 fully saturated rings. The second kappa shape index (κ2) is 8.99. The van der Waals surface area contributed by atoms with Gasteiger partial charge >= 0.3 is 0 Å². The van der Waals surface area contributed by atoms with E-state index in [0.717, 1.165) is 17.0 Å². The minimum Gasteiger partial charge on any atom is -0.497 e. The van der Waals surface area contributed by atoms with Crippen molar-refractivity contribution in [1.82, 2.24) is 5.32 Å². The van der Waals surface area contributed by atoms with E-state index in [4.69, 9.17) is 9.47 Å². The number of anilines is 1. The number of ether oxygens (including phenoxy) is 2. The summed E-state index contributed by atoms with van der Waals surface area (Å²) in [5, 5.41) is 3.02. The van der Waals surface area contributed by atoms with E-state index < -0.39 is 6.04 Å². The van der Waals surface area contributed by atoms with Crippen molar-refractivity contribution in [2.45, 2.75) is 38.8 Å². The zero-order valence-electron chi connectivity index (χ0n) is 17.3. The van der Waals surface area contributed by atoms with Gasteiger partial charge in [-0.05, 0) is 62.2 Å². The van der Waals surface area contributed by atoms with Crippen LogP contribution in [-0.4, -0.2) is 32.1 Å². The lowest BCUT2D eigenvalue weighted by atomic mass is 9.83. The first-order valence-corrected chi connectivity index (χ1v) is 9.85. The Morgan fingerprint density at radius 2 is 1.55 bits per heavy atom. The summed E-state index contributed by atoms with van der Waals surface area (Å²) in [5.41, 5.74) is 1.65. The van der Waals surface area contributed by atoms with E-state index >= 15 is 0 Å². The molecule has 3 rings (SSSR count). The first-order chi connectivity index (χ1) is 13.9. The van der Waals surface area contributed by atoms with Gasteiger partial charge in [0.25, 0.3) is 0 Å². The van der Waals surface area contributed by atoms with Gasteiger partial charge in [0, 0.05) is 18.2 Å². The zero-order chi connectivity index (χ0) is 21.0. The molecule has 0 bridgehead atoms. The molecule has 1 aliphatic rings. The fraction of sp³-hybridized carbons (Fsp3) is 0.391. The van der Waals surface area contributed by atoms with E-state index in [0.29, 0.717) is 18.6 Å². The van der Waals surface area contributed by atoms with E-state index in [2.05, 4.69) is 5.32 Å². The average molecular weight is 396 g/mol. The van der Waals surface area contributed by atoms with Crippen molar-refractivity contribution in [3.8, 4) is 11.5 Å². The van der Waals surface area contributed by atoms with Gasteiger partial charge in [0.15, 0.2) is 0 Å². The number of hydrogen-bond donors (Lipinski definition) is 1. The van der Waals surface area contributed by atoms with Crippen molar-refractivity contribution in [3.63, 3.8) is 0 Å². The van der Waals surface area contributed by atoms with Crippen molar-refractivity contribution >= 4 is 17.5 Å². The summed E-state index contributed by atoms with van der Waals surface area (Å²) < 4.78 is 10.5. The topological polar surface area (TPSA) is 67.9 Å². The van der Waals surface area contributed by atoms with Crippen LogP contribution in [0.15, 0.2) is 48.5 Å². The van der Waals surface area contributed by atoms with E-state index in [1.165, 1.54) is 0 Å². The summed E-state index contributed by atoms with van der Waals surface area (Å²) in [5.74, 6) is 1.07. The maximum absolute atomic E-state index is 13.0. The third kappa shape index (κ3) is 4.53. The summed E-state index contributed by atoms with van der Waals surface area (Å²) in [6.07, 6.45) is 0.843. The van der Waals surface area contributed by atoms with Crippen LogP contribution >= 0.6 is 0 Å². The fourth-order valence-corrected chi connectivity index (χ4v) is 3.79. The number of amides is 2. The number of nitrogens with one attached hydrogen (secondary N) is 1. The molecule has 29 heavy (non-hydrogen) atoms. The van der Waals surface area contributed by atoms with Gasteiger partial charge in [-0.25, -0.2) is 0 Å². The lowest BCUT2D eigenvalue weighted by Crippen LogP contribution is -2.49. The Morgan fingerprint density at radius 1 is 1.00 bits per heavy atom. The molecule has 0 spiro atoms. The Labute approximate surface area is 171 Å². The SMILES string of the molecule is COc1ccc([C@H]2[C@H](C(=O)NC(C)C)CCC(=O)N2c2ccc(OC)cc2)cc1. The van der Waals surface area contributed by atoms with Crippen molar-refractivity contribution in [2.75, 3.05) is 19.1 Å². The van der Waals surface area contributed by atoms with Crippen LogP contribution in [-0.2, 0) is 9.59 Å². The predicted octanol–water partition coefficient (Wildman–Crippen LogP) is 3.71. The van der Waals surface area contributed by atoms with E-state index in [9.17, 15) is 9.59 Å². The third-order valence-electron chi connectivity index (χ3n) is 5.17. The Kier molecular flexibility index (Phi) is 6.42. The quantitative estimate of drug-likeness (QED) is 0.808. The van der Waals surface area contributed by atoms with Crippen LogP contribution in [0.3, 0.4) is 0 Å². The summed E-state index contributed by atoms with van der Waals surface area (Å²) in [4.78, 5) is 27.7. The Bertz CT molecular complexity index is 846. The molecule has 1 aliphatic heterocycles. The second-order valence-electron chi connectivity index (χ2n) is 7.49. The van der Waals surface area contributed by atoms with Gasteiger partial charge in [0.1, 0.15) is 11.5 Å². The molecule has 0 aromatic heterocycles. The molecule has 0 saturated carbocycles. The molecule has 6 heteroatoms. The molecule has 1 N–H and O–H groups in total. The predicted molar refractivity (Wildman–Crippen MR) is 112 cm³/mol. The first kappa shape index (κ1) is 20.7. The molecule has 1 saturated heterocycles. The van der Waals surface area contributed by atoms with Gasteiger partial charge in [-0.15, -0.1) is 0 Å². The molecule has 0 aliphatic carbocycles. The number of rotatable bonds is 6. The maximum atomic E-state index is 13.0. The lowest BCUT2D eigenvalue weighted by Gasteiger charge is -2.41. The summed E-state index contributed by atoms with van der Waals surface area (Å²) >= 11 is 0. The van der Waals surface area contributed by atoms with Crippen LogP contribution in [0.2, 0.25) is 0 Å². The molecule has 1 heterocycles. The highest BCUT2D eigenvalue weighted by Crippen LogP contribution is 2.40. The maximum Gasteiger partial charge on any atom is 0.227 e. The number of nitrogens with zero attached hydrogens (tertiary/aromatic N) is 1. The normalized spacial score (nSPS) is 19.2. The first-order valence-electron chi connectivity index (χ1n) is 9.85. The highest BCUT2D eigenvalue weighted by Gasteiger charge is 2.41. The fourth-order valence-electron chi connectivity index (χ4n) is 3.79. The highest BCUT2D eigenvalue weighted by molar-refractivity contribution is 5.97. The molecule has 2 atom stereocenters. The van der Waals surface area contributed by atoms with Crippen LogP contribution in [0.5, 0.6) is 11.5 Å². The minimum atomic E-state index is -0.394. The number of methoxy groups -OCH3 is 2. The number of benzene rings is 2. The Morgan fingerprint density at radius 3 is 2.07 bits per heavy atom. The molecule has 6 nitrogen and oxygen atoms in total. The molecule has 0 unspecified atom stereocenters. The van der Waals surface area contributed by atoms with Crippen LogP contribution in [0.25, 0.3) is 0 Å². The highest BCUT2D eigenvalue weighted by atomic mass is 16.5. The number of piperidine rings is 1. The largest absolute Gasteiger partial charge is 0.497 e. The van der Waals surface area contributed by atoms with Crippen molar-refractivity contribution < 1.29 is 19.1 Å². The monoisotopic (exact) mass is 396 g/mol. The zero-order valence-corrected chi connectivity index (χ0v) is 17.3. The molecular formula is C23H28N2O4. The molecule has 0 radical (unpaired) electrons. The van der Waals surface area contributed by atoms with E-state index in [1.54, 1.807) is 19.1 Å². The third-order valence-corrected chi connectivity index (χ3v) is 5.17. The van der Waals surface area contributed by atoms with Crippen molar-refractivity contribution in [3.05, 3.63) is 54.1 Å². The van der Waals surface area contributed by atoms with Crippen LogP contribution in [0.4, 0.5) is 5.69 Å². The number of carbonyl (C=O) groups is 2.